The van der Waals surface area contributed by atoms with Gasteiger partial charge in [0.15, 0.2) is 5.78 Å². The minimum atomic E-state index is -0.307. The Morgan fingerprint density at radius 1 is 1.34 bits per heavy atom. The lowest BCUT2D eigenvalue weighted by Gasteiger charge is -2.20. The summed E-state index contributed by atoms with van der Waals surface area (Å²) in [6.07, 6.45) is 8.11. The highest BCUT2D eigenvalue weighted by atomic mass is 16.5. The molecule has 29 heavy (non-hydrogen) atoms. The van der Waals surface area contributed by atoms with Gasteiger partial charge in [0.1, 0.15) is 6.61 Å². The van der Waals surface area contributed by atoms with Gasteiger partial charge in [-0.15, -0.1) is 0 Å². The van der Waals surface area contributed by atoms with Gasteiger partial charge in [-0.05, 0) is 45.3 Å². The Balaban J connectivity index is 1.28. The minimum Gasteiger partial charge on any atom is -0.476 e. The first-order valence-electron chi connectivity index (χ1n) is 10.2. The van der Waals surface area contributed by atoms with Crippen molar-refractivity contribution in [2.24, 2.45) is 0 Å². The number of pyridine rings is 1. The molecule has 1 amide bonds. The molecule has 2 aromatic heterocycles. The number of H-pyrrole nitrogens is 1. The number of anilines is 1. The fourth-order valence-electron chi connectivity index (χ4n) is 4.00. The number of rotatable bonds is 7. The molecule has 1 atom stereocenters. The van der Waals surface area contributed by atoms with Crippen molar-refractivity contribution in [2.75, 3.05) is 32.1 Å². The molecule has 0 saturated carbocycles. The van der Waals surface area contributed by atoms with Crippen LogP contribution in [0.4, 0.5) is 5.69 Å². The lowest BCUT2D eigenvalue weighted by atomic mass is 9.93. The molecular weight excluding hydrogens is 370 g/mol. The lowest BCUT2D eigenvalue weighted by molar-refractivity contribution is 0.0956. The average molecular weight is 397 g/mol. The van der Waals surface area contributed by atoms with Crippen LogP contribution in [-0.4, -0.2) is 59.5 Å². The number of nitrogens with one attached hydrogen (secondary N) is 3. The number of aromatic amines is 1. The van der Waals surface area contributed by atoms with Crippen LogP contribution in [0.2, 0.25) is 0 Å². The minimum absolute atomic E-state index is 0.0249. The standard InChI is InChI=1S/C21H27N5O3/c1-26-10-3-6-18(26)22-9-11-29-19-8-7-14(12-24-19)25-21(28)15-13-23-16-4-2-5-17(27)20(15)16/h7-8,12-13,18,22-23H,2-6,9-11H2,1H3,(H,25,28). The van der Waals surface area contributed by atoms with Gasteiger partial charge in [0.25, 0.3) is 5.91 Å². The fourth-order valence-corrected chi connectivity index (χ4v) is 4.00. The van der Waals surface area contributed by atoms with Gasteiger partial charge in [-0.1, -0.05) is 0 Å². The summed E-state index contributed by atoms with van der Waals surface area (Å²) in [5, 5.41) is 6.27. The second-order valence-electron chi connectivity index (χ2n) is 7.61. The smallest absolute Gasteiger partial charge is 0.257 e. The molecule has 1 aliphatic heterocycles. The van der Waals surface area contributed by atoms with E-state index in [0.29, 0.717) is 41.9 Å². The van der Waals surface area contributed by atoms with E-state index >= 15 is 0 Å². The first-order chi connectivity index (χ1) is 14.1. The highest BCUT2D eigenvalue weighted by molar-refractivity contribution is 6.13. The van der Waals surface area contributed by atoms with Crippen molar-refractivity contribution in [2.45, 2.75) is 38.3 Å². The molecule has 4 rings (SSSR count). The van der Waals surface area contributed by atoms with Gasteiger partial charge in [-0.3, -0.25) is 19.8 Å². The zero-order valence-electron chi connectivity index (χ0n) is 16.7. The number of ketones is 1. The molecule has 8 nitrogen and oxygen atoms in total. The maximum Gasteiger partial charge on any atom is 0.257 e. The molecule has 0 spiro atoms. The predicted molar refractivity (Wildman–Crippen MR) is 109 cm³/mol. The molecule has 3 heterocycles. The summed E-state index contributed by atoms with van der Waals surface area (Å²) in [7, 11) is 2.12. The highest BCUT2D eigenvalue weighted by Gasteiger charge is 2.26. The number of carbonyl (C=O) groups is 2. The van der Waals surface area contributed by atoms with Crippen molar-refractivity contribution in [1.82, 2.24) is 20.2 Å². The molecule has 154 valence electrons. The summed E-state index contributed by atoms with van der Waals surface area (Å²) < 4.78 is 5.67. The van der Waals surface area contributed by atoms with Crippen LogP contribution in [0.5, 0.6) is 5.88 Å². The van der Waals surface area contributed by atoms with Crippen LogP contribution in [0.3, 0.4) is 0 Å². The van der Waals surface area contributed by atoms with Crippen molar-refractivity contribution in [1.29, 1.82) is 0 Å². The Hall–Kier alpha value is -2.71. The summed E-state index contributed by atoms with van der Waals surface area (Å²) in [6.45, 7) is 2.41. The van der Waals surface area contributed by atoms with Crippen molar-refractivity contribution in [3.05, 3.63) is 41.3 Å². The highest BCUT2D eigenvalue weighted by Crippen LogP contribution is 2.25. The van der Waals surface area contributed by atoms with Crippen LogP contribution in [0, 0.1) is 0 Å². The van der Waals surface area contributed by atoms with E-state index in [0.717, 1.165) is 31.6 Å². The summed E-state index contributed by atoms with van der Waals surface area (Å²) in [4.78, 5) is 34.4. The van der Waals surface area contributed by atoms with E-state index in [1.54, 1.807) is 24.5 Å². The third-order valence-electron chi connectivity index (χ3n) is 5.56. The summed E-state index contributed by atoms with van der Waals surface area (Å²) in [6, 6.07) is 3.48. The average Bonchev–Trinajstić information content (AvgIpc) is 3.33. The van der Waals surface area contributed by atoms with Gasteiger partial charge in [0, 0.05) is 30.9 Å². The quantitative estimate of drug-likeness (QED) is 0.620. The molecule has 1 fully saturated rings. The summed E-state index contributed by atoms with van der Waals surface area (Å²) >= 11 is 0. The van der Waals surface area contributed by atoms with Gasteiger partial charge in [0.2, 0.25) is 5.88 Å². The molecule has 8 heteroatoms. The van der Waals surface area contributed by atoms with E-state index in [1.165, 1.54) is 12.8 Å². The summed E-state index contributed by atoms with van der Waals surface area (Å²) in [5.74, 6) is 0.230. The molecule has 1 unspecified atom stereocenters. The topological polar surface area (TPSA) is 99.4 Å². The Morgan fingerprint density at radius 2 is 2.24 bits per heavy atom. The van der Waals surface area contributed by atoms with Crippen LogP contribution in [-0.2, 0) is 6.42 Å². The van der Waals surface area contributed by atoms with E-state index in [4.69, 9.17) is 4.74 Å². The van der Waals surface area contributed by atoms with Crippen molar-refractivity contribution in [3.63, 3.8) is 0 Å². The maximum absolute atomic E-state index is 12.6. The normalized spacial score (nSPS) is 19.2. The van der Waals surface area contributed by atoms with E-state index in [2.05, 4.69) is 32.5 Å². The van der Waals surface area contributed by atoms with Gasteiger partial charge < -0.3 is 15.0 Å². The first-order valence-corrected chi connectivity index (χ1v) is 10.2. The Kier molecular flexibility index (Phi) is 5.92. The molecule has 0 bridgehead atoms. The van der Waals surface area contributed by atoms with Gasteiger partial charge in [-0.25, -0.2) is 4.98 Å². The van der Waals surface area contributed by atoms with E-state index in [1.807, 2.05) is 0 Å². The van der Waals surface area contributed by atoms with Crippen molar-refractivity contribution in [3.8, 4) is 5.88 Å². The van der Waals surface area contributed by atoms with Gasteiger partial charge in [-0.2, -0.15) is 0 Å². The molecule has 1 saturated heterocycles. The van der Waals surface area contributed by atoms with Crippen molar-refractivity contribution >= 4 is 17.4 Å². The van der Waals surface area contributed by atoms with Crippen LogP contribution >= 0.6 is 0 Å². The van der Waals surface area contributed by atoms with E-state index in [9.17, 15) is 9.59 Å². The third kappa shape index (κ3) is 4.49. The number of hydrogen-bond acceptors (Lipinski definition) is 6. The molecule has 3 N–H and O–H groups in total. The molecular formula is C21H27N5O3. The Bertz CT molecular complexity index is 877. The maximum atomic E-state index is 12.6. The number of fused-ring (bicyclic) bond motifs is 1. The fraction of sp³-hybridized carbons (Fsp3) is 0.476. The van der Waals surface area contributed by atoms with E-state index in [-0.39, 0.29) is 11.7 Å². The number of likely N-dealkylation sites (tertiary alicyclic amines) is 1. The SMILES string of the molecule is CN1CCCC1NCCOc1ccc(NC(=O)c2c[nH]c3c2C(=O)CCC3)cn1. The zero-order valence-corrected chi connectivity index (χ0v) is 16.7. The van der Waals surface area contributed by atoms with Crippen molar-refractivity contribution < 1.29 is 14.3 Å². The monoisotopic (exact) mass is 397 g/mol. The number of nitrogens with zero attached hydrogens (tertiary/aromatic N) is 2. The summed E-state index contributed by atoms with van der Waals surface area (Å²) in [5.41, 5.74) is 2.34. The number of amides is 1. The van der Waals surface area contributed by atoms with Crippen LogP contribution in [0.1, 0.15) is 52.1 Å². The number of carbonyl (C=O) groups excluding carboxylic acids is 2. The van der Waals surface area contributed by atoms with E-state index < -0.39 is 0 Å². The van der Waals surface area contributed by atoms with Gasteiger partial charge in [0.05, 0.1) is 29.2 Å². The molecule has 2 aromatic rings. The number of ether oxygens (including phenoxy) is 1. The first kappa shape index (κ1) is 19.6. The second kappa shape index (κ2) is 8.75. The third-order valence-corrected chi connectivity index (χ3v) is 5.56. The molecule has 1 aliphatic carbocycles. The molecule has 2 aliphatic rings. The lowest BCUT2D eigenvalue weighted by Crippen LogP contribution is -2.40. The number of hydrogen-bond donors (Lipinski definition) is 3. The second-order valence-corrected chi connectivity index (χ2v) is 7.61. The molecule has 0 aromatic carbocycles. The Labute approximate surface area is 170 Å². The Morgan fingerprint density at radius 3 is 3.00 bits per heavy atom. The number of aromatic nitrogens is 2. The zero-order chi connectivity index (χ0) is 20.2. The van der Waals surface area contributed by atoms with Crippen LogP contribution in [0.15, 0.2) is 24.5 Å². The van der Waals surface area contributed by atoms with Crippen LogP contribution in [0.25, 0.3) is 0 Å². The van der Waals surface area contributed by atoms with Gasteiger partial charge >= 0.3 is 0 Å². The number of Topliss-reactive ketones (excluding diaryl/α,β-unsaturated/α-hetero) is 1. The molecule has 0 radical (unpaired) electrons. The predicted octanol–water partition coefficient (Wildman–Crippen LogP) is 2.20. The van der Waals surface area contributed by atoms with Crippen LogP contribution < -0.4 is 15.4 Å². The number of aryl methyl sites for hydroxylation is 1. The largest absolute Gasteiger partial charge is 0.476 e.